The Bertz CT molecular complexity index is 1290. The van der Waals surface area contributed by atoms with Crippen LogP contribution >= 0.6 is 0 Å². The number of ether oxygens (including phenoxy) is 4. The summed E-state index contributed by atoms with van der Waals surface area (Å²) in [6, 6.07) is 13.7. The predicted octanol–water partition coefficient (Wildman–Crippen LogP) is 6.00. The van der Waals surface area contributed by atoms with Crippen molar-refractivity contribution in [2.24, 2.45) is 5.92 Å². The van der Waals surface area contributed by atoms with Crippen molar-refractivity contribution in [3.63, 3.8) is 0 Å². The molecule has 2 aliphatic heterocycles. The fraction of sp³-hybridized carbons (Fsp3) is 0.464. The smallest absolute Gasteiger partial charge is 0.494 e. The summed E-state index contributed by atoms with van der Waals surface area (Å²) in [7, 11) is 0. The number of rotatable bonds is 11. The van der Waals surface area contributed by atoms with Crippen molar-refractivity contribution in [2.45, 2.75) is 51.1 Å². The number of hydrogen-bond acceptors (Lipinski definition) is 8. The zero-order chi connectivity index (χ0) is 28.8. The van der Waals surface area contributed by atoms with Gasteiger partial charge in [-0.25, -0.2) is 0 Å². The number of nitrogens with zero attached hydrogens (tertiary/aromatic N) is 4. The largest absolute Gasteiger partial charge is 0.573 e. The number of fused-ring (bicyclic) bond motifs is 1. The van der Waals surface area contributed by atoms with Gasteiger partial charge >= 0.3 is 18.2 Å². The molecule has 0 saturated carbocycles. The molecule has 0 spiro atoms. The van der Waals surface area contributed by atoms with Gasteiger partial charge in [0, 0.05) is 36.7 Å². The first-order valence-electron chi connectivity index (χ1n) is 13.6. The Kier molecular flexibility index (Phi) is 8.70. The Morgan fingerprint density at radius 2 is 1.61 bits per heavy atom. The molecule has 0 amide bonds. The molecule has 3 heterocycles. The van der Waals surface area contributed by atoms with E-state index in [1.165, 1.54) is 30.5 Å². The molecule has 2 aliphatic rings. The molecule has 1 aromatic heterocycles. The first-order chi connectivity index (χ1) is 19.7. The van der Waals surface area contributed by atoms with Crippen LogP contribution in [-0.2, 0) is 6.54 Å². The van der Waals surface area contributed by atoms with Crippen molar-refractivity contribution >= 4 is 11.5 Å². The van der Waals surface area contributed by atoms with Crippen molar-refractivity contribution in [3.05, 3.63) is 64.8 Å². The highest BCUT2D eigenvalue weighted by Gasteiger charge is 2.31. The molecule has 0 radical (unpaired) electrons. The summed E-state index contributed by atoms with van der Waals surface area (Å²) < 4.78 is 59.6. The number of aryl methyl sites for hydroxylation is 1. The molecule has 0 unspecified atom stereocenters. The summed E-state index contributed by atoms with van der Waals surface area (Å²) in [5.74, 6) is 1.37. The van der Waals surface area contributed by atoms with E-state index >= 15 is 0 Å². The second-order valence-corrected chi connectivity index (χ2v) is 10.1. The molecule has 41 heavy (non-hydrogen) atoms. The van der Waals surface area contributed by atoms with Gasteiger partial charge in [-0.1, -0.05) is 0 Å². The van der Waals surface area contributed by atoms with Crippen molar-refractivity contribution < 1.29 is 37.0 Å². The fourth-order valence-corrected chi connectivity index (χ4v) is 5.06. The first kappa shape index (κ1) is 28.4. The number of piperidine rings is 1. The molecule has 5 rings (SSSR count). The number of nitro groups is 1. The molecule has 3 aromatic rings. The number of halogens is 3. The van der Waals surface area contributed by atoms with E-state index in [1.807, 2.05) is 24.3 Å². The maximum Gasteiger partial charge on any atom is 0.573 e. The van der Waals surface area contributed by atoms with E-state index in [1.54, 1.807) is 4.57 Å². The summed E-state index contributed by atoms with van der Waals surface area (Å²) in [4.78, 5) is 16.7. The molecular weight excluding hydrogens is 545 g/mol. The van der Waals surface area contributed by atoms with Gasteiger partial charge in [0.2, 0.25) is 0 Å². The zero-order valence-electron chi connectivity index (χ0n) is 22.3. The molecule has 0 aliphatic carbocycles. The molecule has 1 fully saturated rings. The third-order valence-electron chi connectivity index (χ3n) is 7.21. The van der Waals surface area contributed by atoms with E-state index in [2.05, 4.69) is 14.6 Å². The summed E-state index contributed by atoms with van der Waals surface area (Å²) in [6.07, 6.45) is 1.19. The standard InChI is InChI=1S/C28H31F3N4O6/c29-28(30,31)41-24-9-7-22(8-10-24)38-17-1-2-20-11-14-33(15-12-20)21-3-5-23(6-4-21)39-19-25-13-16-34-18-26(35(36)37)32-27(34)40-25/h3-10,18,20,25H,1-2,11-17,19H2/t25-/m1/s1. The normalized spacial score (nSPS) is 17.4. The molecule has 1 atom stereocenters. The molecule has 13 heteroatoms. The molecule has 0 bridgehead atoms. The van der Waals surface area contributed by atoms with Gasteiger partial charge in [0.1, 0.15) is 36.2 Å². The lowest BCUT2D eigenvalue weighted by Crippen LogP contribution is -2.33. The number of imidazole rings is 1. The van der Waals surface area contributed by atoms with E-state index in [4.69, 9.17) is 14.2 Å². The van der Waals surface area contributed by atoms with Crippen molar-refractivity contribution in [1.29, 1.82) is 0 Å². The monoisotopic (exact) mass is 576 g/mol. The van der Waals surface area contributed by atoms with Gasteiger partial charge in [0.25, 0.3) is 0 Å². The Labute approximate surface area is 234 Å². The van der Waals surface area contributed by atoms with E-state index in [-0.39, 0.29) is 23.7 Å². The van der Waals surface area contributed by atoms with Crippen LogP contribution in [0.15, 0.2) is 54.7 Å². The highest BCUT2D eigenvalue weighted by Crippen LogP contribution is 2.29. The summed E-state index contributed by atoms with van der Waals surface area (Å²) in [6.45, 7) is 3.34. The molecule has 1 saturated heterocycles. The minimum Gasteiger partial charge on any atom is -0.494 e. The Hall–Kier alpha value is -4.16. The Morgan fingerprint density at radius 1 is 0.951 bits per heavy atom. The van der Waals surface area contributed by atoms with Crippen molar-refractivity contribution in [1.82, 2.24) is 9.55 Å². The zero-order valence-corrected chi connectivity index (χ0v) is 22.3. The van der Waals surface area contributed by atoms with Gasteiger partial charge in [-0.15, -0.1) is 13.2 Å². The van der Waals surface area contributed by atoms with Crippen LogP contribution in [0.4, 0.5) is 24.7 Å². The molecule has 2 aromatic carbocycles. The summed E-state index contributed by atoms with van der Waals surface area (Å²) >= 11 is 0. The topological polar surface area (TPSA) is 101 Å². The summed E-state index contributed by atoms with van der Waals surface area (Å²) in [5.41, 5.74) is 1.14. The van der Waals surface area contributed by atoms with Crippen molar-refractivity contribution in [2.75, 3.05) is 31.2 Å². The van der Waals surface area contributed by atoms with Gasteiger partial charge in [-0.3, -0.25) is 4.57 Å². The number of hydrogen-bond donors (Lipinski definition) is 0. The lowest BCUT2D eigenvalue weighted by Gasteiger charge is -2.33. The first-order valence-corrected chi connectivity index (χ1v) is 13.6. The Balaban J connectivity index is 0.981. The number of anilines is 1. The van der Waals surface area contributed by atoms with Crippen LogP contribution < -0.4 is 23.8 Å². The average Bonchev–Trinajstić information content (AvgIpc) is 3.39. The van der Waals surface area contributed by atoms with Gasteiger partial charge in [0.05, 0.1) is 6.61 Å². The second kappa shape index (κ2) is 12.6. The summed E-state index contributed by atoms with van der Waals surface area (Å²) in [5, 5.41) is 10.9. The molecule has 220 valence electrons. The Morgan fingerprint density at radius 3 is 2.29 bits per heavy atom. The SMILES string of the molecule is O=[N+]([O-])c1cn2c(n1)O[C@@H](COc1ccc(N3CCC(CCCOc4ccc(OC(F)(F)F)cc4)CC3)cc1)CC2. The molecular formula is C28H31F3N4O6. The van der Waals surface area contributed by atoms with Gasteiger partial charge in [-0.05, 0) is 85.1 Å². The van der Waals surface area contributed by atoms with Crippen LogP contribution in [0, 0.1) is 16.0 Å². The highest BCUT2D eigenvalue weighted by atomic mass is 19.4. The van der Waals surface area contributed by atoms with Crippen LogP contribution in [0.2, 0.25) is 0 Å². The van der Waals surface area contributed by atoms with Crippen LogP contribution in [0.5, 0.6) is 23.3 Å². The maximum atomic E-state index is 12.3. The van der Waals surface area contributed by atoms with Crippen LogP contribution in [0.1, 0.15) is 32.1 Å². The van der Waals surface area contributed by atoms with Gasteiger partial charge in [0.15, 0.2) is 0 Å². The van der Waals surface area contributed by atoms with Gasteiger partial charge < -0.3 is 34.0 Å². The van der Waals surface area contributed by atoms with Crippen LogP contribution in [-0.4, -0.2) is 53.2 Å². The predicted molar refractivity (Wildman–Crippen MR) is 143 cm³/mol. The lowest BCUT2D eigenvalue weighted by molar-refractivity contribution is -0.389. The fourth-order valence-electron chi connectivity index (χ4n) is 5.06. The second-order valence-electron chi connectivity index (χ2n) is 10.1. The molecule has 0 N–H and O–H groups in total. The molecule has 10 nitrogen and oxygen atoms in total. The minimum absolute atomic E-state index is 0.221. The lowest BCUT2D eigenvalue weighted by atomic mass is 9.92. The van der Waals surface area contributed by atoms with E-state index < -0.39 is 11.3 Å². The van der Waals surface area contributed by atoms with Crippen LogP contribution in [0.3, 0.4) is 0 Å². The van der Waals surface area contributed by atoms with E-state index in [9.17, 15) is 23.3 Å². The van der Waals surface area contributed by atoms with Crippen LogP contribution in [0.25, 0.3) is 0 Å². The van der Waals surface area contributed by atoms with E-state index in [0.717, 1.165) is 50.2 Å². The van der Waals surface area contributed by atoms with Crippen molar-refractivity contribution in [3.8, 4) is 23.3 Å². The third-order valence-corrected chi connectivity index (χ3v) is 7.21. The number of alkyl halides is 3. The quantitative estimate of drug-likeness (QED) is 0.156. The third kappa shape index (κ3) is 7.95. The maximum absolute atomic E-state index is 12.3. The minimum atomic E-state index is -4.70. The highest BCUT2D eigenvalue weighted by molar-refractivity contribution is 5.49. The average molecular weight is 577 g/mol. The number of benzene rings is 2. The number of aromatic nitrogens is 2. The van der Waals surface area contributed by atoms with Gasteiger partial charge in [-0.2, -0.15) is 0 Å². The van der Waals surface area contributed by atoms with E-state index in [0.29, 0.717) is 37.8 Å².